The first-order chi connectivity index (χ1) is 13.1. The number of nitrogens with zero attached hydrogens (tertiary/aromatic N) is 2. The third-order valence-electron chi connectivity index (χ3n) is 4.27. The van der Waals surface area contributed by atoms with Crippen molar-refractivity contribution in [1.29, 1.82) is 0 Å². The van der Waals surface area contributed by atoms with E-state index in [1.165, 1.54) is 0 Å². The first-order valence-corrected chi connectivity index (χ1v) is 9.68. The lowest BCUT2D eigenvalue weighted by Crippen LogP contribution is -2.25. The summed E-state index contributed by atoms with van der Waals surface area (Å²) in [4.78, 5) is 12.0. The second-order valence-electron chi connectivity index (χ2n) is 6.07. The van der Waals surface area contributed by atoms with Crippen molar-refractivity contribution in [1.82, 2.24) is 9.99 Å². The van der Waals surface area contributed by atoms with E-state index in [2.05, 4.69) is 61.7 Å². The van der Waals surface area contributed by atoms with Gasteiger partial charge in [0.1, 0.15) is 0 Å². The Bertz CT molecular complexity index is 989. The zero-order chi connectivity index (χ0) is 19.2. The van der Waals surface area contributed by atoms with E-state index in [1.807, 2.05) is 49.4 Å². The lowest BCUT2D eigenvalue weighted by molar-refractivity contribution is -0.119. The Morgan fingerprint density at radius 1 is 1.22 bits per heavy atom. The molecule has 3 rings (SSSR count). The fraction of sp³-hybridized carbons (Fsp3) is 0.143. The number of rotatable bonds is 7. The van der Waals surface area contributed by atoms with Crippen molar-refractivity contribution in [3.8, 4) is 0 Å². The molecule has 1 aromatic heterocycles. The Morgan fingerprint density at radius 3 is 2.70 bits per heavy atom. The molecule has 2 N–H and O–H groups in total. The standard InChI is InChI=1S/C21H21IN4O/c1-3-12-26-15(2)19(18-6-4-5-7-20(18)26)13-24-25-21(27)14-23-17-10-8-16(22)9-11-17/h3-11,13,23H,1,12,14H2,2H3,(H,25,27)/b24-13-. The summed E-state index contributed by atoms with van der Waals surface area (Å²) in [6.45, 7) is 6.77. The van der Waals surface area contributed by atoms with E-state index in [4.69, 9.17) is 0 Å². The van der Waals surface area contributed by atoms with Gasteiger partial charge < -0.3 is 9.88 Å². The number of nitrogens with one attached hydrogen (secondary N) is 2. The summed E-state index contributed by atoms with van der Waals surface area (Å²) >= 11 is 2.24. The van der Waals surface area contributed by atoms with Gasteiger partial charge in [-0.3, -0.25) is 4.79 Å². The van der Waals surface area contributed by atoms with Gasteiger partial charge in [-0.2, -0.15) is 5.10 Å². The monoisotopic (exact) mass is 472 g/mol. The topological polar surface area (TPSA) is 58.4 Å². The number of amides is 1. The molecule has 1 heterocycles. The molecule has 0 aliphatic heterocycles. The highest BCUT2D eigenvalue weighted by molar-refractivity contribution is 14.1. The van der Waals surface area contributed by atoms with Gasteiger partial charge in [0.05, 0.1) is 12.8 Å². The van der Waals surface area contributed by atoms with Crippen LogP contribution in [-0.2, 0) is 11.3 Å². The molecule has 0 saturated carbocycles. The summed E-state index contributed by atoms with van der Waals surface area (Å²) in [6.07, 6.45) is 3.58. The third kappa shape index (κ3) is 4.57. The summed E-state index contributed by atoms with van der Waals surface area (Å²) in [6, 6.07) is 16.0. The molecule has 138 valence electrons. The summed E-state index contributed by atoms with van der Waals surface area (Å²) in [5, 5.41) is 8.33. The summed E-state index contributed by atoms with van der Waals surface area (Å²) in [7, 11) is 0. The van der Waals surface area contributed by atoms with Crippen LogP contribution in [0.1, 0.15) is 11.3 Å². The highest BCUT2D eigenvalue weighted by Crippen LogP contribution is 2.24. The molecule has 27 heavy (non-hydrogen) atoms. The second-order valence-corrected chi connectivity index (χ2v) is 7.31. The molecule has 6 heteroatoms. The number of benzene rings is 2. The van der Waals surface area contributed by atoms with E-state index >= 15 is 0 Å². The summed E-state index contributed by atoms with van der Waals surface area (Å²) in [5.41, 5.74) is 6.70. The zero-order valence-corrected chi connectivity index (χ0v) is 17.2. The molecule has 0 fully saturated rings. The fourth-order valence-electron chi connectivity index (χ4n) is 2.94. The fourth-order valence-corrected chi connectivity index (χ4v) is 3.30. The predicted molar refractivity (Wildman–Crippen MR) is 120 cm³/mol. The molecule has 2 aromatic carbocycles. The van der Waals surface area contributed by atoms with E-state index in [0.717, 1.165) is 38.0 Å². The second kappa shape index (κ2) is 8.85. The normalized spacial score (nSPS) is 11.0. The maximum atomic E-state index is 12.0. The van der Waals surface area contributed by atoms with Crippen molar-refractivity contribution in [3.05, 3.63) is 76.0 Å². The van der Waals surface area contributed by atoms with E-state index in [0.29, 0.717) is 0 Å². The van der Waals surface area contributed by atoms with Crippen LogP contribution in [0.3, 0.4) is 0 Å². The van der Waals surface area contributed by atoms with Crippen molar-refractivity contribution >= 4 is 51.3 Å². The maximum Gasteiger partial charge on any atom is 0.259 e. The van der Waals surface area contributed by atoms with Gasteiger partial charge in [-0.15, -0.1) is 6.58 Å². The van der Waals surface area contributed by atoms with Gasteiger partial charge >= 0.3 is 0 Å². The van der Waals surface area contributed by atoms with Crippen molar-refractivity contribution in [2.24, 2.45) is 5.10 Å². The molecular formula is C21H21IN4O. The molecular weight excluding hydrogens is 451 g/mol. The predicted octanol–water partition coefficient (Wildman–Crippen LogP) is 4.30. The van der Waals surface area contributed by atoms with Gasteiger partial charge in [-0.1, -0.05) is 24.3 Å². The number of hydrogen-bond acceptors (Lipinski definition) is 3. The van der Waals surface area contributed by atoms with Crippen LogP contribution in [0.15, 0.2) is 66.3 Å². The van der Waals surface area contributed by atoms with Gasteiger partial charge in [0.15, 0.2) is 0 Å². The van der Waals surface area contributed by atoms with Crippen LogP contribution < -0.4 is 10.7 Å². The van der Waals surface area contributed by atoms with Crippen molar-refractivity contribution < 1.29 is 4.79 Å². The van der Waals surface area contributed by atoms with Crippen LogP contribution >= 0.6 is 22.6 Å². The molecule has 0 unspecified atom stereocenters. The number of fused-ring (bicyclic) bond motifs is 1. The quantitative estimate of drug-likeness (QED) is 0.233. The number of para-hydroxylation sites is 1. The van der Waals surface area contributed by atoms with Crippen molar-refractivity contribution in [3.63, 3.8) is 0 Å². The van der Waals surface area contributed by atoms with Crippen LogP contribution in [0.25, 0.3) is 10.9 Å². The molecule has 0 aliphatic carbocycles. The first kappa shape index (κ1) is 19.2. The van der Waals surface area contributed by atoms with Gasteiger partial charge in [-0.25, -0.2) is 5.43 Å². The van der Waals surface area contributed by atoms with Gasteiger partial charge in [0.2, 0.25) is 0 Å². The summed E-state index contributed by atoms with van der Waals surface area (Å²) in [5.74, 6) is -0.197. The SMILES string of the molecule is C=CCn1c(C)c(/C=N\NC(=O)CNc2ccc(I)cc2)c2ccccc21. The average Bonchev–Trinajstić information content (AvgIpc) is 2.94. The smallest absolute Gasteiger partial charge is 0.259 e. The van der Waals surface area contributed by atoms with Crippen LogP contribution in [0.4, 0.5) is 5.69 Å². The number of carbonyl (C=O) groups excluding carboxylic acids is 1. The van der Waals surface area contributed by atoms with Gasteiger partial charge in [0, 0.05) is 38.0 Å². The average molecular weight is 472 g/mol. The Balaban J connectivity index is 1.67. The first-order valence-electron chi connectivity index (χ1n) is 8.60. The van der Waals surface area contributed by atoms with Gasteiger partial charge in [0.25, 0.3) is 5.91 Å². The highest BCUT2D eigenvalue weighted by atomic mass is 127. The minimum Gasteiger partial charge on any atom is -0.376 e. The molecule has 0 saturated heterocycles. The van der Waals surface area contributed by atoms with E-state index in [-0.39, 0.29) is 12.5 Å². The van der Waals surface area contributed by atoms with Crippen LogP contribution in [-0.4, -0.2) is 23.2 Å². The van der Waals surface area contributed by atoms with E-state index < -0.39 is 0 Å². The zero-order valence-electron chi connectivity index (χ0n) is 15.1. The molecule has 0 aliphatic rings. The van der Waals surface area contributed by atoms with Crippen LogP contribution in [0.2, 0.25) is 0 Å². The van der Waals surface area contributed by atoms with Crippen molar-refractivity contribution in [2.45, 2.75) is 13.5 Å². The highest BCUT2D eigenvalue weighted by Gasteiger charge is 2.11. The Kier molecular flexibility index (Phi) is 6.28. The number of hydrogen-bond donors (Lipinski definition) is 2. The minimum atomic E-state index is -0.197. The molecule has 0 radical (unpaired) electrons. The lowest BCUT2D eigenvalue weighted by Gasteiger charge is -2.05. The Hall–Kier alpha value is -2.61. The lowest BCUT2D eigenvalue weighted by atomic mass is 10.1. The minimum absolute atomic E-state index is 0.162. The number of carbonyl (C=O) groups is 1. The number of allylic oxidation sites excluding steroid dienone is 1. The maximum absolute atomic E-state index is 12.0. The number of aromatic nitrogens is 1. The molecule has 3 aromatic rings. The number of halogens is 1. The Labute approximate surface area is 172 Å². The van der Waals surface area contributed by atoms with E-state index in [1.54, 1.807) is 6.21 Å². The van der Waals surface area contributed by atoms with Crippen LogP contribution in [0.5, 0.6) is 0 Å². The molecule has 5 nitrogen and oxygen atoms in total. The van der Waals surface area contributed by atoms with Gasteiger partial charge in [-0.05, 0) is 59.8 Å². The van der Waals surface area contributed by atoms with E-state index in [9.17, 15) is 4.79 Å². The van der Waals surface area contributed by atoms with Crippen molar-refractivity contribution in [2.75, 3.05) is 11.9 Å². The number of hydrazone groups is 1. The summed E-state index contributed by atoms with van der Waals surface area (Å²) < 4.78 is 3.34. The number of anilines is 1. The molecule has 0 bridgehead atoms. The third-order valence-corrected chi connectivity index (χ3v) is 4.99. The largest absolute Gasteiger partial charge is 0.376 e. The molecule has 1 amide bonds. The molecule has 0 spiro atoms. The Morgan fingerprint density at radius 2 is 1.96 bits per heavy atom. The van der Waals surface area contributed by atoms with Crippen LogP contribution in [0, 0.1) is 10.5 Å². The molecule has 0 atom stereocenters.